The van der Waals surface area contributed by atoms with E-state index in [1.54, 1.807) is 4.90 Å². The molecule has 1 amide bonds. The minimum atomic E-state index is -0.410. The van der Waals surface area contributed by atoms with Crippen molar-refractivity contribution in [2.24, 2.45) is 5.41 Å². The van der Waals surface area contributed by atoms with Crippen LogP contribution in [-0.2, 0) is 0 Å². The van der Waals surface area contributed by atoms with Gasteiger partial charge in [-0.1, -0.05) is 6.07 Å². The average Bonchev–Trinajstić information content (AvgIpc) is 3.06. The van der Waals surface area contributed by atoms with E-state index in [0.717, 1.165) is 43.7 Å². The molecule has 4 nitrogen and oxygen atoms in total. The van der Waals surface area contributed by atoms with Crippen molar-refractivity contribution in [2.45, 2.75) is 20.3 Å². The maximum Gasteiger partial charge on any atom is 0.273 e. The zero-order valence-electron chi connectivity index (χ0n) is 12.9. The van der Waals surface area contributed by atoms with Crippen molar-refractivity contribution in [1.29, 1.82) is 0 Å². The van der Waals surface area contributed by atoms with Crippen molar-refractivity contribution in [2.75, 3.05) is 26.2 Å². The minimum absolute atomic E-state index is 0.101. The smallest absolute Gasteiger partial charge is 0.273 e. The topological polar surface area (TPSA) is 48.1 Å². The molecule has 2 aliphatic rings. The molecule has 2 fully saturated rings. The second kappa shape index (κ2) is 4.56. The molecule has 116 valence electrons. The van der Waals surface area contributed by atoms with Crippen molar-refractivity contribution >= 4 is 16.8 Å². The van der Waals surface area contributed by atoms with Crippen LogP contribution in [0.3, 0.4) is 0 Å². The first-order valence-corrected chi connectivity index (χ1v) is 7.78. The molecule has 0 saturated carbocycles. The number of aromatic amines is 1. The van der Waals surface area contributed by atoms with E-state index in [0.29, 0.717) is 10.9 Å². The second-order valence-corrected chi connectivity index (χ2v) is 6.83. The van der Waals surface area contributed by atoms with E-state index in [1.165, 1.54) is 0 Å². The molecule has 1 aromatic carbocycles. The minimum Gasteiger partial charge on any atom is -0.348 e. The van der Waals surface area contributed by atoms with Crippen LogP contribution < -0.4 is 5.32 Å². The molecular weight excluding hydrogens is 281 g/mol. The Kier molecular flexibility index (Phi) is 2.85. The Morgan fingerprint density at radius 2 is 2.09 bits per heavy atom. The molecule has 0 atom stereocenters. The van der Waals surface area contributed by atoms with Crippen LogP contribution in [0.1, 0.15) is 28.0 Å². The number of halogens is 1. The van der Waals surface area contributed by atoms with Gasteiger partial charge in [-0.25, -0.2) is 4.39 Å². The number of amides is 1. The molecule has 0 bridgehead atoms. The lowest BCUT2D eigenvalue weighted by Gasteiger charge is -2.47. The second-order valence-electron chi connectivity index (χ2n) is 6.83. The lowest BCUT2D eigenvalue weighted by atomic mass is 9.79. The number of carbonyl (C=O) groups is 1. The highest BCUT2D eigenvalue weighted by atomic mass is 19.1. The van der Waals surface area contributed by atoms with Crippen molar-refractivity contribution in [1.82, 2.24) is 15.2 Å². The van der Waals surface area contributed by atoms with E-state index in [9.17, 15) is 9.18 Å². The molecule has 0 aliphatic carbocycles. The molecule has 1 aromatic heterocycles. The van der Waals surface area contributed by atoms with Gasteiger partial charge in [0.25, 0.3) is 5.91 Å². The molecule has 2 saturated heterocycles. The van der Waals surface area contributed by atoms with Gasteiger partial charge in [0.05, 0.1) is 0 Å². The van der Waals surface area contributed by atoms with E-state index in [1.807, 2.05) is 26.0 Å². The number of hydrogen-bond donors (Lipinski definition) is 2. The van der Waals surface area contributed by atoms with E-state index in [-0.39, 0.29) is 17.0 Å². The Balaban J connectivity index is 1.66. The van der Waals surface area contributed by atoms with Crippen LogP contribution in [0.4, 0.5) is 4.39 Å². The van der Waals surface area contributed by atoms with Crippen molar-refractivity contribution in [3.8, 4) is 0 Å². The molecule has 5 heteroatoms. The predicted molar refractivity (Wildman–Crippen MR) is 83.6 cm³/mol. The number of fused-ring (bicyclic) bond motifs is 1. The van der Waals surface area contributed by atoms with Gasteiger partial charge in [-0.05, 0) is 44.0 Å². The van der Waals surface area contributed by atoms with Gasteiger partial charge in [0.15, 0.2) is 5.82 Å². The standard InChI is InChI=1S/C17H20FN3O/c1-10-3-4-12-13(11(10)2)14(18)15(20-12)16(22)21-8-17(9-21)5-6-19-7-17/h3-4,19-20H,5-9H2,1-2H3. The zero-order valence-corrected chi connectivity index (χ0v) is 12.9. The largest absolute Gasteiger partial charge is 0.348 e. The molecule has 2 N–H and O–H groups in total. The third kappa shape index (κ3) is 1.81. The Morgan fingerprint density at radius 1 is 1.32 bits per heavy atom. The number of benzene rings is 1. The number of carbonyl (C=O) groups excluding carboxylic acids is 1. The van der Waals surface area contributed by atoms with Crippen LogP contribution in [-0.4, -0.2) is 42.0 Å². The number of rotatable bonds is 1. The number of nitrogens with zero attached hydrogens (tertiary/aromatic N) is 1. The summed E-state index contributed by atoms with van der Waals surface area (Å²) in [6.45, 7) is 7.28. The lowest BCUT2D eigenvalue weighted by Crippen LogP contribution is -2.59. The van der Waals surface area contributed by atoms with Crippen molar-refractivity contribution in [3.05, 3.63) is 34.8 Å². The van der Waals surface area contributed by atoms with Crippen LogP contribution in [0.15, 0.2) is 12.1 Å². The van der Waals surface area contributed by atoms with Gasteiger partial charge in [-0.2, -0.15) is 0 Å². The van der Waals surface area contributed by atoms with E-state index >= 15 is 0 Å². The fourth-order valence-corrected chi connectivity index (χ4v) is 3.80. The summed E-state index contributed by atoms with van der Waals surface area (Å²) < 4.78 is 14.7. The van der Waals surface area contributed by atoms with Crippen LogP contribution >= 0.6 is 0 Å². The van der Waals surface area contributed by atoms with Gasteiger partial charge in [-0.15, -0.1) is 0 Å². The summed E-state index contributed by atoms with van der Waals surface area (Å²) in [7, 11) is 0. The van der Waals surface area contributed by atoms with Gasteiger partial charge in [-0.3, -0.25) is 4.79 Å². The molecule has 0 radical (unpaired) electrons. The van der Waals surface area contributed by atoms with Crippen molar-refractivity contribution in [3.63, 3.8) is 0 Å². The number of hydrogen-bond acceptors (Lipinski definition) is 2. The Labute approximate surface area is 128 Å². The maximum absolute atomic E-state index is 14.7. The van der Waals surface area contributed by atoms with Crippen LogP contribution in [0.25, 0.3) is 10.9 Å². The zero-order chi connectivity index (χ0) is 15.5. The van der Waals surface area contributed by atoms with Crippen LogP contribution in [0.5, 0.6) is 0 Å². The third-order valence-corrected chi connectivity index (χ3v) is 5.32. The summed E-state index contributed by atoms with van der Waals surface area (Å²) in [4.78, 5) is 17.3. The summed E-state index contributed by atoms with van der Waals surface area (Å²) in [6, 6.07) is 3.79. The molecule has 0 unspecified atom stereocenters. The van der Waals surface area contributed by atoms with E-state index < -0.39 is 5.82 Å². The quantitative estimate of drug-likeness (QED) is 0.849. The van der Waals surface area contributed by atoms with Crippen molar-refractivity contribution < 1.29 is 9.18 Å². The fourth-order valence-electron chi connectivity index (χ4n) is 3.80. The molecular formula is C17H20FN3O. The summed E-state index contributed by atoms with van der Waals surface area (Å²) >= 11 is 0. The highest BCUT2D eigenvalue weighted by Gasteiger charge is 2.47. The molecule has 1 spiro atoms. The average molecular weight is 301 g/mol. The Morgan fingerprint density at radius 3 is 2.77 bits per heavy atom. The summed E-state index contributed by atoms with van der Waals surface area (Å²) in [6.07, 6.45) is 1.10. The van der Waals surface area contributed by atoms with Crippen LogP contribution in [0.2, 0.25) is 0 Å². The molecule has 4 rings (SSSR count). The van der Waals surface area contributed by atoms with Gasteiger partial charge in [0.2, 0.25) is 0 Å². The first-order chi connectivity index (χ1) is 10.5. The molecule has 22 heavy (non-hydrogen) atoms. The Bertz CT molecular complexity index is 766. The monoisotopic (exact) mass is 301 g/mol. The normalized spacial score (nSPS) is 19.9. The lowest BCUT2D eigenvalue weighted by molar-refractivity contribution is 0.0151. The SMILES string of the molecule is Cc1ccc2[nH]c(C(=O)N3CC4(CCNC4)C3)c(F)c2c1C. The number of nitrogens with one attached hydrogen (secondary N) is 2. The highest BCUT2D eigenvalue weighted by Crippen LogP contribution is 2.37. The fraction of sp³-hybridized carbons (Fsp3) is 0.471. The van der Waals surface area contributed by atoms with Crippen LogP contribution in [0, 0.1) is 25.1 Å². The summed E-state index contributed by atoms with van der Waals surface area (Å²) in [5.41, 5.74) is 2.95. The van der Waals surface area contributed by atoms with Gasteiger partial charge in [0, 0.05) is 36.0 Å². The first kappa shape index (κ1) is 13.8. The Hall–Kier alpha value is -1.88. The van der Waals surface area contributed by atoms with Gasteiger partial charge < -0.3 is 15.2 Å². The predicted octanol–water partition coefficient (Wildman–Crippen LogP) is 2.36. The number of aromatic nitrogens is 1. The number of H-pyrrole nitrogens is 1. The summed E-state index contributed by atoms with van der Waals surface area (Å²) in [5.74, 6) is -0.630. The summed E-state index contributed by atoms with van der Waals surface area (Å²) in [5, 5.41) is 3.88. The number of aryl methyl sites for hydroxylation is 2. The molecule has 2 aromatic rings. The molecule has 2 aliphatic heterocycles. The van der Waals surface area contributed by atoms with E-state index in [2.05, 4.69) is 10.3 Å². The third-order valence-electron chi connectivity index (χ3n) is 5.32. The maximum atomic E-state index is 14.7. The van der Waals surface area contributed by atoms with Gasteiger partial charge in [0.1, 0.15) is 5.69 Å². The number of likely N-dealkylation sites (tertiary alicyclic amines) is 1. The highest BCUT2D eigenvalue weighted by molar-refractivity contribution is 6.00. The van der Waals surface area contributed by atoms with E-state index in [4.69, 9.17) is 0 Å². The first-order valence-electron chi connectivity index (χ1n) is 7.78. The molecule has 3 heterocycles. The van der Waals surface area contributed by atoms with Gasteiger partial charge >= 0.3 is 0 Å².